The van der Waals surface area contributed by atoms with Gasteiger partial charge in [0.05, 0.1) is 19.3 Å². The van der Waals surface area contributed by atoms with E-state index in [1.165, 1.54) is 4.57 Å². The van der Waals surface area contributed by atoms with Crippen molar-refractivity contribution in [3.8, 4) is 0 Å². The minimum Gasteiger partial charge on any atom is -0.383 e. The molecule has 1 aliphatic rings. The molecule has 0 amide bonds. The van der Waals surface area contributed by atoms with Crippen LogP contribution in [0.4, 0.5) is 5.82 Å². The third kappa shape index (κ3) is 12.7. The van der Waals surface area contributed by atoms with E-state index < -0.39 is 22.5 Å². The first-order valence-electron chi connectivity index (χ1n) is 10.1. The molecule has 31 heavy (non-hydrogen) atoms. The summed E-state index contributed by atoms with van der Waals surface area (Å²) >= 11 is 0. The first-order chi connectivity index (χ1) is 14.7. The molecule has 6 N–H and O–H groups in total. The Morgan fingerprint density at radius 2 is 1.90 bits per heavy atom. The number of nitrogens with two attached hydrogens (primary N) is 1. The van der Waals surface area contributed by atoms with E-state index >= 15 is 0 Å². The van der Waals surface area contributed by atoms with Crippen molar-refractivity contribution >= 4 is 22.6 Å². The van der Waals surface area contributed by atoms with E-state index in [0.717, 1.165) is 32.1 Å². The number of anilines is 1. The summed E-state index contributed by atoms with van der Waals surface area (Å²) < 4.78 is 21.8. The van der Waals surface area contributed by atoms with Gasteiger partial charge in [-0.2, -0.15) is 24.2 Å². The fourth-order valence-corrected chi connectivity index (χ4v) is 3.49. The van der Waals surface area contributed by atoms with Gasteiger partial charge in [-0.05, 0) is 31.7 Å². The Morgan fingerprint density at radius 1 is 1.23 bits per heavy atom. The number of unbranched alkanes of at least 4 members (excludes halogenated alkanes) is 2. The van der Waals surface area contributed by atoms with Gasteiger partial charge in [-0.1, -0.05) is 26.7 Å². The minimum atomic E-state index is -3.95. The predicted molar refractivity (Wildman–Crippen MR) is 116 cm³/mol. The lowest BCUT2D eigenvalue weighted by molar-refractivity contribution is -0.0225. The van der Waals surface area contributed by atoms with E-state index in [0.29, 0.717) is 13.0 Å². The zero-order valence-corrected chi connectivity index (χ0v) is 19.7. The van der Waals surface area contributed by atoms with Gasteiger partial charge in [0.15, 0.2) is 0 Å². The molecule has 1 saturated heterocycles. The number of hydrogen-bond acceptors (Lipinski definition) is 11. The summed E-state index contributed by atoms with van der Waals surface area (Å²) in [4.78, 5) is 49.7. The van der Waals surface area contributed by atoms with Gasteiger partial charge in [0.2, 0.25) is 0 Å². The zero-order valence-electron chi connectivity index (χ0n) is 17.9. The quantitative estimate of drug-likeness (QED) is 0.215. The van der Waals surface area contributed by atoms with Crippen LogP contribution in [0.25, 0.3) is 0 Å². The molecule has 2 rings (SSSR count). The lowest BCUT2D eigenvalue weighted by atomic mass is 10.2. The van der Waals surface area contributed by atoms with Crippen molar-refractivity contribution in [2.45, 2.75) is 64.7 Å². The van der Waals surface area contributed by atoms with Gasteiger partial charge >= 0.3 is 22.5 Å². The maximum absolute atomic E-state index is 11.8. The molecule has 1 aromatic rings. The maximum Gasteiger partial charge on any atom is 0.567 e. The molecular formula is C17H34N3O9P2+. The van der Waals surface area contributed by atoms with Gasteiger partial charge in [0.1, 0.15) is 18.7 Å². The molecule has 3 unspecified atom stereocenters. The Labute approximate surface area is 183 Å². The summed E-state index contributed by atoms with van der Waals surface area (Å²) in [5.41, 5.74) is 5.03. The van der Waals surface area contributed by atoms with Crippen LogP contribution in [0.15, 0.2) is 17.1 Å². The van der Waals surface area contributed by atoms with E-state index in [1.54, 1.807) is 12.3 Å². The molecule has 0 aliphatic carbocycles. The fraction of sp³-hybridized carbons (Fsp3) is 0.765. The van der Waals surface area contributed by atoms with Crippen LogP contribution in [0.3, 0.4) is 0 Å². The Morgan fingerprint density at radius 3 is 2.52 bits per heavy atom. The summed E-state index contributed by atoms with van der Waals surface area (Å²) in [6.45, 7) is 4.91. The van der Waals surface area contributed by atoms with Crippen LogP contribution >= 0.6 is 16.8 Å². The van der Waals surface area contributed by atoms with Gasteiger partial charge in [-0.3, -0.25) is 4.57 Å². The SMILES string of the molecule is CCCCOP(O)OCC1CCC(n2ccc(N)nc2=O)O1.CCCCO[P+](O)(O)O. The zero-order chi connectivity index (χ0) is 23.3. The highest BCUT2D eigenvalue weighted by molar-refractivity contribution is 7.53. The molecular weight excluding hydrogens is 452 g/mol. The summed E-state index contributed by atoms with van der Waals surface area (Å²) in [6.07, 6.45) is 5.95. The molecule has 1 aliphatic heterocycles. The van der Waals surface area contributed by atoms with Crippen molar-refractivity contribution in [1.82, 2.24) is 9.55 Å². The Kier molecular flexibility index (Phi) is 13.8. The number of nitrogens with zero attached hydrogens (tertiary/aromatic N) is 2. The average Bonchev–Trinajstić information content (AvgIpc) is 3.15. The van der Waals surface area contributed by atoms with Crippen LogP contribution in [0.1, 0.15) is 58.6 Å². The van der Waals surface area contributed by atoms with Crippen molar-refractivity contribution in [1.29, 1.82) is 0 Å². The highest BCUT2D eigenvalue weighted by atomic mass is 31.2. The third-order valence-corrected chi connectivity index (χ3v) is 5.38. The molecule has 0 aromatic carbocycles. The third-order valence-electron chi connectivity index (χ3n) is 4.08. The second kappa shape index (κ2) is 15.1. The molecule has 0 spiro atoms. The van der Waals surface area contributed by atoms with Gasteiger partial charge in [-0.15, -0.1) is 0 Å². The molecule has 180 valence electrons. The van der Waals surface area contributed by atoms with Crippen LogP contribution in [-0.2, 0) is 18.3 Å². The second-order valence-electron chi connectivity index (χ2n) is 6.75. The summed E-state index contributed by atoms with van der Waals surface area (Å²) in [7, 11) is -5.81. The Hall–Kier alpha value is -0.780. The van der Waals surface area contributed by atoms with E-state index in [2.05, 4.69) is 9.51 Å². The van der Waals surface area contributed by atoms with Crippen LogP contribution < -0.4 is 11.4 Å². The van der Waals surface area contributed by atoms with Gasteiger partial charge in [-0.25, -0.2) is 4.79 Å². The van der Waals surface area contributed by atoms with E-state index in [1.807, 2.05) is 13.8 Å². The van der Waals surface area contributed by atoms with Crippen molar-refractivity contribution < 1.29 is 37.9 Å². The number of aromatic nitrogens is 2. The van der Waals surface area contributed by atoms with E-state index in [-0.39, 0.29) is 31.4 Å². The minimum absolute atomic E-state index is 0.179. The van der Waals surface area contributed by atoms with E-state index in [9.17, 15) is 9.69 Å². The lowest BCUT2D eigenvalue weighted by Crippen LogP contribution is -2.27. The standard InChI is InChI=1S/C13H22N3O5P.C4H12O4P/c1-2-3-8-19-22(18)20-9-10-4-5-12(21-10)16-7-6-11(14)15-13(16)17;1-2-3-4-8-9(5,6)7/h6-7,10,12,18H,2-5,8-9H2,1H3,(H2,14,15,17);5-7H,2-4H2,1H3/q;+1. The van der Waals surface area contributed by atoms with Crippen molar-refractivity contribution in [3.63, 3.8) is 0 Å². The van der Waals surface area contributed by atoms with Crippen LogP contribution in [0.2, 0.25) is 0 Å². The topological polar surface area (TPSA) is 179 Å². The monoisotopic (exact) mass is 486 g/mol. The molecule has 0 radical (unpaired) electrons. The molecule has 3 atom stereocenters. The molecule has 0 saturated carbocycles. The van der Waals surface area contributed by atoms with E-state index in [4.69, 9.17) is 34.2 Å². The molecule has 2 heterocycles. The maximum atomic E-state index is 11.8. The van der Waals surface area contributed by atoms with Crippen molar-refractivity contribution in [3.05, 3.63) is 22.7 Å². The predicted octanol–water partition coefficient (Wildman–Crippen LogP) is 2.01. The average molecular weight is 486 g/mol. The highest BCUT2D eigenvalue weighted by Gasteiger charge is 2.32. The van der Waals surface area contributed by atoms with Crippen molar-refractivity contribution in [2.24, 2.45) is 0 Å². The number of nitrogen functional groups attached to an aromatic ring is 1. The van der Waals surface area contributed by atoms with Gasteiger partial charge in [0, 0.05) is 6.20 Å². The Balaban J connectivity index is 0.000000452. The molecule has 0 bridgehead atoms. The number of hydrogen-bond donors (Lipinski definition) is 5. The van der Waals surface area contributed by atoms with Gasteiger partial charge in [0.25, 0.3) is 0 Å². The lowest BCUT2D eigenvalue weighted by Gasteiger charge is -2.17. The van der Waals surface area contributed by atoms with Gasteiger partial charge < -0.3 is 24.4 Å². The molecule has 1 aromatic heterocycles. The van der Waals surface area contributed by atoms with Crippen LogP contribution in [0.5, 0.6) is 0 Å². The molecule has 12 nitrogen and oxygen atoms in total. The first-order valence-corrected chi connectivity index (χ1v) is 12.8. The summed E-state index contributed by atoms with van der Waals surface area (Å²) in [5.74, 6) is 0.189. The fourth-order valence-electron chi connectivity index (χ4n) is 2.46. The summed E-state index contributed by atoms with van der Waals surface area (Å²) in [5, 5.41) is 0. The smallest absolute Gasteiger partial charge is 0.383 e. The first kappa shape index (κ1) is 28.3. The highest BCUT2D eigenvalue weighted by Crippen LogP contribution is 2.45. The number of ether oxygens (including phenoxy) is 1. The molecule has 1 fully saturated rings. The number of rotatable bonds is 12. The van der Waals surface area contributed by atoms with Crippen molar-refractivity contribution in [2.75, 3.05) is 25.6 Å². The van der Waals surface area contributed by atoms with Crippen LogP contribution in [-0.4, -0.2) is 55.0 Å². The van der Waals surface area contributed by atoms with Crippen LogP contribution in [0, 0.1) is 0 Å². The largest absolute Gasteiger partial charge is 0.567 e. The molecule has 14 heteroatoms. The second-order valence-corrected chi connectivity index (χ2v) is 9.03. The summed E-state index contributed by atoms with van der Waals surface area (Å²) in [6, 6.07) is 1.56. The Bertz CT molecular complexity index is 675. The normalized spacial score (nSPS) is 19.7.